The van der Waals surface area contributed by atoms with Crippen LogP contribution in [0.3, 0.4) is 0 Å². The number of rotatable bonds is 3. The summed E-state index contributed by atoms with van der Waals surface area (Å²) in [5, 5.41) is 5.07. The number of carbonyl (C=O) groups excluding carboxylic acids is 3. The number of hydrogen-bond donors (Lipinski definition) is 2. The molecule has 8 nitrogen and oxygen atoms in total. The van der Waals surface area contributed by atoms with E-state index in [4.69, 9.17) is 0 Å². The molecule has 1 aromatic carbocycles. The van der Waals surface area contributed by atoms with Gasteiger partial charge in [0.05, 0.1) is 17.6 Å². The van der Waals surface area contributed by atoms with Crippen molar-refractivity contribution in [1.29, 1.82) is 0 Å². The van der Waals surface area contributed by atoms with Crippen LogP contribution in [0.4, 0.5) is 5.69 Å². The predicted molar refractivity (Wildman–Crippen MR) is 114 cm³/mol. The number of piperidine rings is 1. The summed E-state index contributed by atoms with van der Waals surface area (Å²) in [4.78, 5) is 50.9. The number of benzene rings is 1. The Hall–Kier alpha value is -4.07. The Morgan fingerprint density at radius 2 is 1.94 bits per heavy atom. The van der Waals surface area contributed by atoms with E-state index in [-0.39, 0.29) is 18.2 Å². The number of carbonyl (C=O) groups is 3. The first-order valence-corrected chi connectivity index (χ1v) is 10.1. The van der Waals surface area contributed by atoms with E-state index < -0.39 is 11.9 Å². The van der Waals surface area contributed by atoms with Gasteiger partial charge in [-0.05, 0) is 30.2 Å². The molecule has 152 valence electrons. The van der Waals surface area contributed by atoms with Crippen molar-refractivity contribution in [3.63, 3.8) is 0 Å². The first kappa shape index (κ1) is 17.8. The minimum absolute atomic E-state index is 0.208. The maximum atomic E-state index is 13.2. The molecule has 4 aromatic rings. The van der Waals surface area contributed by atoms with Crippen LogP contribution in [0.5, 0.6) is 0 Å². The number of aromatic amines is 1. The van der Waals surface area contributed by atoms with Crippen LogP contribution in [0.15, 0.2) is 48.9 Å². The third kappa shape index (κ3) is 2.58. The van der Waals surface area contributed by atoms with Crippen LogP contribution in [-0.4, -0.2) is 38.7 Å². The minimum Gasteiger partial charge on any atom is -0.346 e. The molecule has 1 fully saturated rings. The highest BCUT2D eigenvalue weighted by Crippen LogP contribution is 2.40. The Labute approximate surface area is 176 Å². The molecular formula is C23H17N5O3. The summed E-state index contributed by atoms with van der Waals surface area (Å²) in [6.07, 6.45) is 6.44. The van der Waals surface area contributed by atoms with E-state index in [2.05, 4.69) is 20.3 Å². The molecule has 0 saturated carbocycles. The van der Waals surface area contributed by atoms with Crippen molar-refractivity contribution >= 4 is 45.2 Å². The summed E-state index contributed by atoms with van der Waals surface area (Å²) in [6.45, 7) is 0. The predicted octanol–water partition coefficient (Wildman–Crippen LogP) is 2.47. The molecule has 3 aromatic heterocycles. The van der Waals surface area contributed by atoms with Gasteiger partial charge in [0.1, 0.15) is 11.7 Å². The van der Waals surface area contributed by atoms with E-state index in [1.807, 2.05) is 30.5 Å². The smallest absolute Gasteiger partial charge is 0.259 e. The molecule has 0 aliphatic carbocycles. The van der Waals surface area contributed by atoms with E-state index in [9.17, 15) is 14.4 Å². The lowest BCUT2D eigenvalue weighted by atomic mass is 10.0. The van der Waals surface area contributed by atoms with Crippen LogP contribution in [0.25, 0.3) is 21.8 Å². The second kappa shape index (κ2) is 6.46. The van der Waals surface area contributed by atoms with Crippen LogP contribution >= 0.6 is 0 Å². The second-order valence-corrected chi connectivity index (χ2v) is 7.85. The molecule has 2 aliphatic rings. The SMILES string of the molecule is O=C1CCC(N2C(=O)c3cccc4c(Cc5c[nH]c6ncccc56)ncc2c34)C(=O)N1. The lowest BCUT2D eigenvalue weighted by Gasteiger charge is -2.30. The quantitative estimate of drug-likeness (QED) is 0.504. The summed E-state index contributed by atoms with van der Waals surface area (Å²) in [7, 11) is 0. The van der Waals surface area contributed by atoms with Crippen molar-refractivity contribution < 1.29 is 14.4 Å². The van der Waals surface area contributed by atoms with Gasteiger partial charge in [-0.25, -0.2) is 4.98 Å². The number of pyridine rings is 2. The second-order valence-electron chi connectivity index (χ2n) is 7.85. The van der Waals surface area contributed by atoms with Gasteiger partial charge in [-0.2, -0.15) is 0 Å². The first-order chi connectivity index (χ1) is 15.1. The van der Waals surface area contributed by atoms with Crippen molar-refractivity contribution in [1.82, 2.24) is 20.3 Å². The van der Waals surface area contributed by atoms with Gasteiger partial charge in [0.2, 0.25) is 11.8 Å². The monoisotopic (exact) mass is 411 g/mol. The number of anilines is 1. The molecule has 31 heavy (non-hydrogen) atoms. The molecule has 2 aliphatic heterocycles. The van der Waals surface area contributed by atoms with Gasteiger partial charge in [-0.3, -0.25) is 29.6 Å². The number of H-pyrrole nitrogens is 1. The lowest BCUT2D eigenvalue weighted by Crippen LogP contribution is -2.53. The fourth-order valence-corrected chi connectivity index (χ4v) is 4.66. The molecule has 0 bridgehead atoms. The van der Waals surface area contributed by atoms with Gasteiger partial charge >= 0.3 is 0 Å². The van der Waals surface area contributed by atoms with Gasteiger partial charge in [0.25, 0.3) is 5.91 Å². The third-order valence-corrected chi connectivity index (χ3v) is 6.10. The van der Waals surface area contributed by atoms with Crippen LogP contribution in [0.1, 0.15) is 34.5 Å². The summed E-state index contributed by atoms with van der Waals surface area (Å²) < 4.78 is 0. The molecule has 2 N–H and O–H groups in total. The lowest BCUT2D eigenvalue weighted by molar-refractivity contribution is -0.134. The number of fused-ring (bicyclic) bond motifs is 1. The molecule has 1 saturated heterocycles. The average molecular weight is 411 g/mol. The van der Waals surface area contributed by atoms with Crippen molar-refractivity contribution in [2.45, 2.75) is 25.3 Å². The number of nitrogens with zero attached hydrogens (tertiary/aromatic N) is 3. The van der Waals surface area contributed by atoms with E-state index in [1.165, 1.54) is 4.90 Å². The van der Waals surface area contributed by atoms with Crippen molar-refractivity contribution in [3.8, 4) is 0 Å². The molecule has 1 unspecified atom stereocenters. The van der Waals surface area contributed by atoms with Crippen molar-refractivity contribution in [2.75, 3.05) is 4.90 Å². The third-order valence-electron chi connectivity index (χ3n) is 6.10. The Morgan fingerprint density at radius 1 is 1.06 bits per heavy atom. The molecule has 8 heteroatoms. The number of aromatic nitrogens is 3. The van der Waals surface area contributed by atoms with Gasteiger partial charge in [0, 0.05) is 47.0 Å². The van der Waals surface area contributed by atoms with Crippen LogP contribution < -0.4 is 10.2 Å². The van der Waals surface area contributed by atoms with E-state index in [0.717, 1.165) is 33.1 Å². The van der Waals surface area contributed by atoms with E-state index >= 15 is 0 Å². The highest BCUT2D eigenvalue weighted by Gasteiger charge is 2.41. The van der Waals surface area contributed by atoms with Crippen LogP contribution in [0.2, 0.25) is 0 Å². The molecule has 3 amide bonds. The van der Waals surface area contributed by atoms with Crippen molar-refractivity contribution in [3.05, 3.63) is 65.7 Å². The largest absolute Gasteiger partial charge is 0.346 e. The zero-order chi connectivity index (χ0) is 21.1. The number of amides is 3. The normalized spacial score (nSPS) is 18.3. The maximum absolute atomic E-state index is 13.2. The van der Waals surface area contributed by atoms with Gasteiger partial charge in [0.15, 0.2) is 0 Å². The first-order valence-electron chi connectivity index (χ1n) is 10.1. The average Bonchev–Trinajstić information content (AvgIpc) is 3.31. The summed E-state index contributed by atoms with van der Waals surface area (Å²) in [5.74, 6) is -0.983. The van der Waals surface area contributed by atoms with Gasteiger partial charge < -0.3 is 4.98 Å². The molecular weight excluding hydrogens is 394 g/mol. The van der Waals surface area contributed by atoms with Crippen molar-refractivity contribution in [2.24, 2.45) is 0 Å². The molecule has 6 rings (SSSR count). The zero-order valence-electron chi connectivity index (χ0n) is 16.4. The Balaban J connectivity index is 1.46. The maximum Gasteiger partial charge on any atom is 0.259 e. The topological polar surface area (TPSA) is 108 Å². The Morgan fingerprint density at radius 3 is 2.81 bits per heavy atom. The number of nitrogens with one attached hydrogen (secondary N) is 2. The molecule has 1 atom stereocenters. The van der Waals surface area contributed by atoms with Crippen LogP contribution in [-0.2, 0) is 16.0 Å². The van der Waals surface area contributed by atoms with E-state index in [0.29, 0.717) is 24.1 Å². The number of imide groups is 1. The highest BCUT2D eigenvalue weighted by molar-refractivity contribution is 6.27. The summed E-state index contributed by atoms with van der Waals surface area (Å²) >= 11 is 0. The van der Waals surface area contributed by atoms with Gasteiger partial charge in [-0.1, -0.05) is 12.1 Å². The molecule has 0 spiro atoms. The fraction of sp³-hybridized carbons (Fsp3) is 0.174. The highest BCUT2D eigenvalue weighted by atomic mass is 16.2. The molecule has 0 radical (unpaired) electrons. The Bertz CT molecular complexity index is 1420. The van der Waals surface area contributed by atoms with E-state index in [1.54, 1.807) is 18.5 Å². The summed E-state index contributed by atoms with van der Waals surface area (Å²) in [6, 6.07) is 8.78. The number of hydrogen-bond acceptors (Lipinski definition) is 5. The minimum atomic E-state index is -0.715. The fourth-order valence-electron chi connectivity index (χ4n) is 4.66. The zero-order valence-corrected chi connectivity index (χ0v) is 16.4. The standard InChI is InChI=1S/C23H17N5O3/c29-19-7-6-17(22(30)27-19)28-18-11-25-16(14-3-1-4-15(20(14)18)23(28)31)9-12-10-26-21-13(12)5-2-8-24-21/h1-5,8,10-11,17H,6-7,9H2,(H,24,26)(H,27,29,30). The van der Waals surface area contributed by atoms with Crippen LogP contribution in [0, 0.1) is 0 Å². The van der Waals surface area contributed by atoms with Gasteiger partial charge in [-0.15, -0.1) is 0 Å². The molecule has 5 heterocycles. The summed E-state index contributed by atoms with van der Waals surface area (Å²) in [5.41, 5.74) is 3.92. The Kier molecular flexibility index (Phi) is 3.70.